The van der Waals surface area contributed by atoms with E-state index in [0.29, 0.717) is 30.1 Å². The second-order valence-corrected chi connectivity index (χ2v) is 8.13. The van der Waals surface area contributed by atoms with Crippen LogP contribution in [0.15, 0.2) is 48.5 Å². The van der Waals surface area contributed by atoms with E-state index in [4.69, 9.17) is 4.74 Å². The molecule has 1 atom stereocenters. The predicted molar refractivity (Wildman–Crippen MR) is 112 cm³/mol. The molecule has 1 amide bonds. The highest BCUT2D eigenvalue weighted by Crippen LogP contribution is 2.30. The first-order valence-corrected chi connectivity index (χ1v) is 10.5. The third-order valence-electron chi connectivity index (χ3n) is 5.47. The number of benzene rings is 2. The smallest absolute Gasteiger partial charge is 0.257 e. The number of hydrogen-bond acceptors (Lipinski definition) is 5. The topological polar surface area (TPSA) is 84.9 Å². The van der Waals surface area contributed by atoms with Crippen molar-refractivity contribution in [2.75, 3.05) is 38.0 Å². The van der Waals surface area contributed by atoms with Crippen molar-refractivity contribution in [1.82, 2.24) is 9.80 Å². The summed E-state index contributed by atoms with van der Waals surface area (Å²) in [6.07, 6.45) is 0. The minimum Gasteiger partial charge on any atom is -0.755 e. The highest BCUT2D eigenvalue weighted by Gasteiger charge is 2.33. The van der Waals surface area contributed by atoms with Crippen molar-refractivity contribution in [2.45, 2.75) is 19.4 Å². The zero-order chi connectivity index (χ0) is 21.0. The molecule has 1 aliphatic heterocycles. The van der Waals surface area contributed by atoms with Crippen molar-refractivity contribution >= 4 is 22.9 Å². The summed E-state index contributed by atoms with van der Waals surface area (Å²) in [6, 6.07) is 15.0. The third kappa shape index (κ3) is 4.77. The summed E-state index contributed by atoms with van der Waals surface area (Å²) in [5.74, 6) is 0.228. The minimum atomic E-state index is -2.43. The van der Waals surface area contributed by atoms with Crippen LogP contribution in [0.25, 0.3) is 0 Å². The van der Waals surface area contributed by atoms with Crippen LogP contribution >= 0.6 is 0 Å². The molecule has 2 aromatic carbocycles. The summed E-state index contributed by atoms with van der Waals surface area (Å²) in [4.78, 5) is 17.2. The number of methoxy groups -OCH3 is 1. The Morgan fingerprint density at radius 3 is 2.34 bits per heavy atom. The lowest BCUT2D eigenvalue weighted by Gasteiger charge is -2.44. The Kier molecular flexibility index (Phi) is 6.56. The number of rotatable bonds is 6. The van der Waals surface area contributed by atoms with Gasteiger partial charge < -0.3 is 18.9 Å². The van der Waals surface area contributed by atoms with E-state index in [2.05, 4.69) is 35.6 Å². The number of ether oxygens (including phenoxy) is 1. The molecule has 1 heterocycles. The molecular weight excluding hydrogens is 390 g/mol. The Balaban J connectivity index is 1.69. The Hall–Kier alpha value is -2.42. The molecule has 1 aliphatic rings. The highest BCUT2D eigenvalue weighted by molar-refractivity contribution is 7.80. The maximum atomic E-state index is 13.0. The molecule has 0 saturated carbocycles. The highest BCUT2D eigenvalue weighted by atomic mass is 32.2. The molecule has 0 radical (unpaired) electrons. The third-order valence-corrected chi connectivity index (χ3v) is 5.87. The quantitative estimate of drug-likeness (QED) is 0.732. The maximum absolute atomic E-state index is 13.0. The van der Waals surface area contributed by atoms with Gasteiger partial charge in [0.25, 0.3) is 5.91 Å². The molecule has 1 fully saturated rings. The molecule has 1 N–H and O–H groups in total. The van der Waals surface area contributed by atoms with Gasteiger partial charge >= 0.3 is 0 Å². The number of nitrogens with one attached hydrogen (secondary N) is 1. The van der Waals surface area contributed by atoms with Gasteiger partial charge in [-0.2, -0.15) is 0 Å². The van der Waals surface area contributed by atoms with Gasteiger partial charge in [-0.15, -0.1) is 0 Å². The first-order chi connectivity index (χ1) is 13.8. The SMILES string of the molecule is COc1cc(NS(=O)[O-])ccc1C(=O)N1CCN(C(C)(C)c2ccccc2)CC1. The Morgan fingerprint density at radius 2 is 1.76 bits per heavy atom. The molecule has 1 unspecified atom stereocenters. The van der Waals surface area contributed by atoms with Crippen LogP contribution < -0.4 is 9.46 Å². The lowest BCUT2D eigenvalue weighted by molar-refractivity contribution is 0.0390. The summed E-state index contributed by atoms with van der Waals surface area (Å²) in [5.41, 5.74) is 1.90. The first kappa shape index (κ1) is 21.3. The normalized spacial score (nSPS) is 16.3. The van der Waals surface area contributed by atoms with E-state index in [9.17, 15) is 13.6 Å². The molecule has 0 spiro atoms. The van der Waals surface area contributed by atoms with Gasteiger partial charge in [0.1, 0.15) is 5.75 Å². The van der Waals surface area contributed by atoms with Gasteiger partial charge in [0.05, 0.1) is 12.7 Å². The number of hydrogen-bond donors (Lipinski definition) is 1. The molecule has 29 heavy (non-hydrogen) atoms. The molecule has 3 rings (SSSR count). The van der Waals surface area contributed by atoms with Gasteiger partial charge in [0.2, 0.25) is 0 Å². The van der Waals surface area contributed by atoms with Crippen molar-refractivity contribution < 1.29 is 18.3 Å². The second-order valence-electron chi connectivity index (χ2n) is 7.46. The molecule has 8 heteroatoms. The molecule has 1 saturated heterocycles. The van der Waals surface area contributed by atoms with Gasteiger partial charge in [0.15, 0.2) is 0 Å². The average Bonchev–Trinajstić information content (AvgIpc) is 2.73. The minimum absolute atomic E-state index is 0.116. The van der Waals surface area contributed by atoms with Gasteiger partial charge in [-0.25, -0.2) is 0 Å². The largest absolute Gasteiger partial charge is 0.755 e. The van der Waals surface area contributed by atoms with Crippen molar-refractivity contribution in [1.29, 1.82) is 0 Å². The van der Waals surface area contributed by atoms with Crippen molar-refractivity contribution in [2.24, 2.45) is 0 Å². The summed E-state index contributed by atoms with van der Waals surface area (Å²) in [6.45, 7) is 7.17. The Labute approximate surface area is 174 Å². The van der Waals surface area contributed by atoms with Crippen LogP contribution in [-0.2, 0) is 16.8 Å². The summed E-state index contributed by atoms with van der Waals surface area (Å²) in [7, 11) is 1.46. The van der Waals surface area contributed by atoms with Gasteiger partial charge in [-0.1, -0.05) is 30.3 Å². The molecule has 7 nitrogen and oxygen atoms in total. The Bertz CT molecular complexity index is 881. The van der Waals surface area contributed by atoms with Crippen LogP contribution in [0, 0.1) is 0 Å². The second kappa shape index (κ2) is 8.94. The fourth-order valence-electron chi connectivity index (χ4n) is 3.70. The van der Waals surface area contributed by atoms with E-state index in [1.165, 1.54) is 18.7 Å². The van der Waals surface area contributed by atoms with E-state index >= 15 is 0 Å². The standard InChI is InChI=1S/C21H27N3O4S/c1-21(2,16-7-5-4-6-8-16)24-13-11-23(12-14-24)20(25)18-10-9-17(22-29(26)27)15-19(18)28-3/h4-10,15,22H,11-14H2,1-3H3,(H,26,27)/p-1. The van der Waals surface area contributed by atoms with Gasteiger partial charge in [-0.3, -0.25) is 13.9 Å². The lowest BCUT2D eigenvalue weighted by atomic mass is 9.91. The number of anilines is 1. The van der Waals surface area contributed by atoms with Crippen molar-refractivity contribution in [3.8, 4) is 5.75 Å². The number of nitrogens with zero attached hydrogens (tertiary/aromatic N) is 2. The number of amides is 1. The van der Waals surface area contributed by atoms with E-state index in [0.717, 1.165) is 13.1 Å². The number of piperazine rings is 1. The van der Waals surface area contributed by atoms with E-state index in [1.54, 1.807) is 12.1 Å². The lowest BCUT2D eigenvalue weighted by Crippen LogP contribution is -2.54. The van der Waals surface area contributed by atoms with Crippen LogP contribution in [-0.4, -0.2) is 57.8 Å². The fraction of sp³-hybridized carbons (Fsp3) is 0.381. The van der Waals surface area contributed by atoms with E-state index < -0.39 is 11.3 Å². The van der Waals surface area contributed by atoms with Crippen LogP contribution in [0.4, 0.5) is 5.69 Å². The van der Waals surface area contributed by atoms with Crippen molar-refractivity contribution in [3.63, 3.8) is 0 Å². The van der Waals surface area contributed by atoms with Gasteiger partial charge in [-0.05, 0) is 31.5 Å². The Morgan fingerprint density at radius 1 is 1.10 bits per heavy atom. The predicted octanol–water partition coefficient (Wildman–Crippen LogP) is 2.59. The fourth-order valence-corrected chi connectivity index (χ4v) is 4.01. The molecule has 0 aromatic heterocycles. The zero-order valence-corrected chi connectivity index (χ0v) is 17.7. The van der Waals surface area contributed by atoms with Crippen LogP contribution in [0.5, 0.6) is 5.75 Å². The van der Waals surface area contributed by atoms with Crippen LogP contribution in [0.1, 0.15) is 29.8 Å². The monoisotopic (exact) mass is 416 g/mol. The average molecular weight is 417 g/mol. The number of carbonyl (C=O) groups is 1. The van der Waals surface area contributed by atoms with Crippen LogP contribution in [0.2, 0.25) is 0 Å². The molecular formula is C21H26N3O4S-. The molecule has 0 aliphatic carbocycles. The van der Waals surface area contributed by atoms with E-state index in [-0.39, 0.29) is 11.4 Å². The summed E-state index contributed by atoms with van der Waals surface area (Å²) < 4.78 is 29.2. The molecule has 156 valence electrons. The molecule has 0 bridgehead atoms. The first-order valence-electron chi connectivity index (χ1n) is 9.46. The number of carbonyl (C=O) groups excluding carboxylic acids is 1. The summed E-state index contributed by atoms with van der Waals surface area (Å²) >= 11 is -2.43. The van der Waals surface area contributed by atoms with Crippen molar-refractivity contribution in [3.05, 3.63) is 59.7 Å². The van der Waals surface area contributed by atoms with E-state index in [1.807, 2.05) is 23.1 Å². The zero-order valence-electron chi connectivity index (χ0n) is 16.9. The maximum Gasteiger partial charge on any atom is 0.257 e. The molecule has 2 aromatic rings. The van der Waals surface area contributed by atoms with Gasteiger partial charge in [0, 0.05) is 54.7 Å². The van der Waals surface area contributed by atoms with Crippen LogP contribution in [0.3, 0.4) is 0 Å². The summed E-state index contributed by atoms with van der Waals surface area (Å²) in [5, 5.41) is 0.